The maximum atomic E-state index is 12.1. The molecular formula is C16H18O4. The van der Waals surface area contributed by atoms with Crippen molar-refractivity contribution in [3.05, 3.63) is 29.8 Å². The van der Waals surface area contributed by atoms with Gasteiger partial charge in [0, 0.05) is 18.3 Å². The van der Waals surface area contributed by atoms with Crippen molar-refractivity contribution in [2.45, 2.75) is 32.3 Å². The number of esters is 1. The Hall–Kier alpha value is -1.84. The normalized spacial score (nSPS) is 29.7. The lowest BCUT2D eigenvalue weighted by Crippen LogP contribution is -2.33. The van der Waals surface area contributed by atoms with Gasteiger partial charge in [0.25, 0.3) is 0 Å². The summed E-state index contributed by atoms with van der Waals surface area (Å²) in [5.41, 5.74) is 1.02. The monoisotopic (exact) mass is 274 g/mol. The largest absolute Gasteiger partial charge is 0.482 e. The van der Waals surface area contributed by atoms with Gasteiger partial charge < -0.3 is 9.47 Å². The van der Waals surface area contributed by atoms with Crippen LogP contribution in [0.2, 0.25) is 0 Å². The zero-order valence-electron chi connectivity index (χ0n) is 11.7. The SMILES string of the molecule is CCOC(=O)C1C2c3ccccc3OC(C(=O)CC)C12. The number of ether oxygens (including phenoxy) is 2. The second-order valence-corrected chi connectivity index (χ2v) is 5.28. The van der Waals surface area contributed by atoms with Crippen molar-refractivity contribution in [2.75, 3.05) is 6.61 Å². The van der Waals surface area contributed by atoms with Crippen LogP contribution in [-0.4, -0.2) is 24.5 Å². The number of carbonyl (C=O) groups excluding carboxylic acids is 2. The van der Waals surface area contributed by atoms with E-state index in [-0.39, 0.29) is 29.5 Å². The van der Waals surface area contributed by atoms with Gasteiger partial charge in [0.1, 0.15) is 5.75 Å². The number of Topliss-reactive ketones (excluding diaryl/α,β-unsaturated/α-hetero) is 1. The zero-order chi connectivity index (χ0) is 14.3. The van der Waals surface area contributed by atoms with Crippen LogP contribution in [0.1, 0.15) is 31.7 Å². The zero-order valence-corrected chi connectivity index (χ0v) is 11.7. The Kier molecular flexibility index (Phi) is 3.24. The van der Waals surface area contributed by atoms with E-state index in [9.17, 15) is 9.59 Å². The third-order valence-electron chi connectivity index (χ3n) is 4.18. The van der Waals surface area contributed by atoms with E-state index < -0.39 is 6.10 Å². The van der Waals surface area contributed by atoms with Crippen molar-refractivity contribution < 1.29 is 19.1 Å². The molecule has 0 saturated heterocycles. The number of para-hydroxylation sites is 1. The Balaban J connectivity index is 1.93. The van der Waals surface area contributed by atoms with Gasteiger partial charge in [-0.2, -0.15) is 0 Å². The van der Waals surface area contributed by atoms with E-state index in [1.165, 1.54) is 0 Å². The number of carbonyl (C=O) groups is 2. The highest BCUT2D eigenvalue weighted by Gasteiger charge is 2.64. The van der Waals surface area contributed by atoms with Crippen LogP contribution in [0, 0.1) is 11.8 Å². The summed E-state index contributed by atoms with van der Waals surface area (Å²) in [7, 11) is 0. The molecule has 0 aromatic heterocycles. The minimum Gasteiger partial charge on any atom is -0.482 e. The molecule has 1 aliphatic carbocycles. The average Bonchev–Trinajstić information content (AvgIpc) is 3.21. The first kappa shape index (κ1) is 13.2. The summed E-state index contributed by atoms with van der Waals surface area (Å²) in [4.78, 5) is 24.1. The predicted octanol–water partition coefficient (Wildman–Crippen LogP) is 2.32. The van der Waals surface area contributed by atoms with Crippen LogP contribution in [-0.2, 0) is 14.3 Å². The first-order valence-corrected chi connectivity index (χ1v) is 7.14. The molecule has 1 aromatic rings. The summed E-state index contributed by atoms with van der Waals surface area (Å²) in [6.07, 6.45) is -0.0831. The van der Waals surface area contributed by atoms with Crippen molar-refractivity contribution in [2.24, 2.45) is 11.8 Å². The minimum absolute atomic E-state index is 0.0568. The summed E-state index contributed by atoms with van der Waals surface area (Å²) < 4.78 is 11.0. The molecule has 0 N–H and O–H groups in total. The van der Waals surface area contributed by atoms with Gasteiger partial charge in [-0.15, -0.1) is 0 Å². The first-order valence-electron chi connectivity index (χ1n) is 7.14. The summed E-state index contributed by atoms with van der Waals surface area (Å²) in [6.45, 7) is 3.98. The minimum atomic E-state index is -0.505. The third kappa shape index (κ3) is 1.90. The molecule has 0 bridgehead atoms. The summed E-state index contributed by atoms with van der Waals surface area (Å²) in [5, 5.41) is 0. The number of rotatable bonds is 4. The molecule has 4 heteroatoms. The molecule has 3 rings (SSSR count). The molecule has 0 spiro atoms. The summed E-state index contributed by atoms with van der Waals surface area (Å²) in [5.74, 6) is 0.348. The van der Waals surface area contributed by atoms with Crippen molar-refractivity contribution in [1.82, 2.24) is 0 Å². The lowest BCUT2D eigenvalue weighted by Gasteiger charge is -2.24. The number of hydrogen-bond donors (Lipinski definition) is 0. The molecule has 0 amide bonds. The molecule has 4 atom stereocenters. The maximum absolute atomic E-state index is 12.1. The van der Waals surface area contributed by atoms with Gasteiger partial charge >= 0.3 is 5.97 Å². The molecule has 1 fully saturated rings. The highest BCUT2D eigenvalue weighted by Crippen LogP contribution is 2.62. The molecule has 1 aromatic carbocycles. The standard InChI is InChI=1S/C16H18O4/c1-3-10(17)15-13-12(14(13)16(18)19-4-2)9-7-5-6-8-11(9)20-15/h5-8,12-15H,3-4H2,1-2H3. The van der Waals surface area contributed by atoms with Gasteiger partial charge in [0.15, 0.2) is 11.9 Å². The van der Waals surface area contributed by atoms with Gasteiger partial charge in [-0.05, 0) is 18.6 Å². The van der Waals surface area contributed by atoms with Crippen molar-refractivity contribution in [1.29, 1.82) is 0 Å². The second kappa shape index (κ2) is 4.93. The van der Waals surface area contributed by atoms with E-state index in [0.29, 0.717) is 13.0 Å². The smallest absolute Gasteiger partial charge is 0.310 e. The quantitative estimate of drug-likeness (QED) is 0.791. The number of fused-ring (bicyclic) bond motifs is 3. The Morgan fingerprint density at radius 2 is 2.00 bits per heavy atom. The predicted molar refractivity (Wildman–Crippen MR) is 72.5 cm³/mol. The van der Waals surface area contributed by atoms with E-state index in [0.717, 1.165) is 11.3 Å². The average molecular weight is 274 g/mol. The summed E-state index contributed by atoms with van der Waals surface area (Å²) in [6, 6.07) is 7.65. The molecule has 0 radical (unpaired) electrons. The van der Waals surface area contributed by atoms with E-state index in [1.54, 1.807) is 6.92 Å². The van der Waals surface area contributed by atoms with Crippen molar-refractivity contribution >= 4 is 11.8 Å². The second-order valence-electron chi connectivity index (χ2n) is 5.28. The molecule has 4 nitrogen and oxygen atoms in total. The molecule has 1 saturated carbocycles. The van der Waals surface area contributed by atoms with Gasteiger partial charge in [-0.3, -0.25) is 9.59 Å². The Morgan fingerprint density at radius 3 is 2.70 bits per heavy atom. The maximum Gasteiger partial charge on any atom is 0.310 e. The lowest BCUT2D eigenvalue weighted by atomic mass is 9.99. The fourth-order valence-corrected chi connectivity index (χ4v) is 3.21. The fourth-order valence-electron chi connectivity index (χ4n) is 3.21. The number of ketones is 1. The Labute approximate surface area is 118 Å². The van der Waals surface area contributed by atoms with Crippen molar-refractivity contribution in [3.8, 4) is 5.75 Å². The lowest BCUT2D eigenvalue weighted by molar-refractivity contribution is -0.145. The molecule has 1 aliphatic heterocycles. The van der Waals surface area contributed by atoms with Crippen LogP contribution < -0.4 is 4.74 Å². The van der Waals surface area contributed by atoms with Crippen LogP contribution in [0.5, 0.6) is 5.75 Å². The fraction of sp³-hybridized carbons (Fsp3) is 0.500. The van der Waals surface area contributed by atoms with E-state index in [1.807, 2.05) is 31.2 Å². The molecule has 1 heterocycles. The number of benzene rings is 1. The molecule has 2 aliphatic rings. The topological polar surface area (TPSA) is 52.6 Å². The van der Waals surface area contributed by atoms with Crippen LogP contribution in [0.15, 0.2) is 24.3 Å². The third-order valence-corrected chi connectivity index (χ3v) is 4.18. The Morgan fingerprint density at radius 1 is 1.25 bits per heavy atom. The molecule has 106 valence electrons. The van der Waals surface area contributed by atoms with E-state index in [4.69, 9.17) is 9.47 Å². The highest BCUT2D eigenvalue weighted by atomic mass is 16.5. The van der Waals surface area contributed by atoms with Gasteiger partial charge in [0.2, 0.25) is 0 Å². The van der Waals surface area contributed by atoms with E-state index >= 15 is 0 Å². The van der Waals surface area contributed by atoms with Crippen LogP contribution >= 0.6 is 0 Å². The molecule has 4 unspecified atom stereocenters. The van der Waals surface area contributed by atoms with Crippen LogP contribution in [0.25, 0.3) is 0 Å². The van der Waals surface area contributed by atoms with Crippen LogP contribution in [0.3, 0.4) is 0 Å². The first-order chi connectivity index (χ1) is 9.69. The molecular weight excluding hydrogens is 256 g/mol. The van der Waals surface area contributed by atoms with Gasteiger partial charge in [-0.25, -0.2) is 0 Å². The Bertz CT molecular complexity index is 551. The summed E-state index contributed by atoms with van der Waals surface area (Å²) >= 11 is 0. The van der Waals surface area contributed by atoms with E-state index in [2.05, 4.69) is 0 Å². The highest BCUT2D eigenvalue weighted by molar-refractivity contribution is 5.88. The van der Waals surface area contributed by atoms with Crippen molar-refractivity contribution in [3.63, 3.8) is 0 Å². The van der Waals surface area contributed by atoms with Gasteiger partial charge in [0.05, 0.1) is 12.5 Å². The number of hydrogen-bond acceptors (Lipinski definition) is 4. The van der Waals surface area contributed by atoms with Gasteiger partial charge in [-0.1, -0.05) is 25.1 Å². The molecule has 20 heavy (non-hydrogen) atoms. The van der Waals surface area contributed by atoms with Crippen LogP contribution in [0.4, 0.5) is 0 Å².